The van der Waals surface area contributed by atoms with Crippen LogP contribution in [0.1, 0.15) is 30.6 Å². The van der Waals surface area contributed by atoms with E-state index in [0.717, 1.165) is 40.4 Å². The summed E-state index contributed by atoms with van der Waals surface area (Å²) in [5.74, 6) is 0.595. The molecule has 114 valence electrons. The molecular formula is C18H19NO2S. The van der Waals surface area contributed by atoms with Gasteiger partial charge in [0.25, 0.3) is 0 Å². The molecule has 0 radical (unpaired) electrons. The van der Waals surface area contributed by atoms with E-state index < -0.39 is 10.8 Å². The van der Waals surface area contributed by atoms with Crippen LogP contribution in [0.2, 0.25) is 0 Å². The Bertz CT molecular complexity index is 740. The second kappa shape index (κ2) is 6.05. The number of para-hydroxylation sites is 1. The summed E-state index contributed by atoms with van der Waals surface area (Å²) in [5.41, 5.74) is 2.52. The molecule has 0 N–H and O–H groups in total. The lowest BCUT2D eigenvalue weighted by Gasteiger charge is -2.33. The molecule has 0 bridgehead atoms. The van der Waals surface area contributed by atoms with Crippen LogP contribution in [-0.2, 0) is 10.8 Å². The molecule has 1 aliphatic heterocycles. The lowest BCUT2D eigenvalue weighted by atomic mass is 10.1. The van der Waals surface area contributed by atoms with Crippen molar-refractivity contribution in [2.45, 2.75) is 30.1 Å². The highest BCUT2D eigenvalue weighted by atomic mass is 32.2. The average Bonchev–Trinajstić information content (AvgIpc) is 2.54. The Balaban J connectivity index is 2.13. The van der Waals surface area contributed by atoms with Crippen LogP contribution in [0.15, 0.2) is 52.3 Å². The van der Waals surface area contributed by atoms with Gasteiger partial charge in [-0.05, 0) is 42.7 Å². The molecule has 0 saturated heterocycles. The smallest absolute Gasteiger partial charge is 0.150 e. The van der Waals surface area contributed by atoms with Crippen molar-refractivity contribution in [1.29, 1.82) is 0 Å². The van der Waals surface area contributed by atoms with E-state index in [1.165, 1.54) is 0 Å². The molecule has 0 fully saturated rings. The number of anilines is 2. The molecule has 1 aliphatic rings. The van der Waals surface area contributed by atoms with Crippen molar-refractivity contribution < 1.29 is 9.00 Å². The molecule has 0 saturated carbocycles. The molecule has 22 heavy (non-hydrogen) atoms. The van der Waals surface area contributed by atoms with Gasteiger partial charge < -0.3 is 4.90 Å². The van der Waals surface area contributed by atoms with Gasteiger partial charge in [0, 0.05) is 12.1 Å². The predicted octanol–water partition coefficient (Wildman–Crippen LogP) is 4.16. The fourth-order valence-electron chi connectivity index (χ4n) is 2.69. The normalized spacial score (nSPS) is 16.3. The molecule has 0 aromatic heterocycles. The van der Waals surface area contributed by atoms with Crippen LogP contribution < -0.4 is 4.90 Å². The van der Waals surface area contributed by atoms with Crippen molar-refractivity contribution in [3.8, 4) is 0 Å². The first kappa shape index (κ1) is 15.0. The van der Waals surface area contributed by atoms with E-state index in [2.05, 4.69) is 18.7 Å². The maximum Gasteiger partial charge on any atom is 0.150 e. The Kier molecular flexibility index (Phi) is 4.12. The van der Waals surface area contributed by atoms with Crippen LogP contribution in [0.3, 0.4) is 0 Å². The minimum Gasteiger partial charge on any atom is -0.339 e. The molecule has 3 rings (SSSR count). The number of nitrogens with zero attached hydrogens (tertiary/aromatic N) is 1. The largest absolute Gasteiger partial charge is 0.339 e. The van der Waals surface area contributed by atoms with Gasteiger partial charge in [-0.15, -0.1) is 0 Å². The lowest BCUT2D eigenvalue weighted by Crippen LogP contribution is -2.26. The van der Waals surface area contributed by atoms with Crippen molar-refractivity contribution in [1.82, 2.24) is 0 Å². The summed E-state index contributed by atoms with van der Waals surface area (Å²) in [7, 11) is -1.24. The number of fused-ring (bicyclic) bond motifs is 2. The molecule has 1 heterocycles. The average molecular weight is 313 g/mol. The lowest BCUT2D eigenvalue weighted by molar-refractivity contribution is 0.112. The third kappa shape index (κ3) is 2.59. The number of benzene rings is 2. The summed E-state index contributed by atoms with van der Waals surface area (Å²) in [6.07, 6.45) is 1.85. The number of hydrogen-bond acceptors (Lipinski definition) is 3. The first-order valence-corrected chi connectivity index (χ1v) is 8.64. The Hall–Kier alpha value is -1.94. The highest BCUT2D eigenvalue weighted by Gasteiger charge is 2.27. The quantitative estimate of drug-likeness (QED) is 0.795. The van der Waals surface area contributed by atoms with E-state index in [-0.39, 0.29) is 0 Å². The molecule has 2 aromatic carbocycles. The summed E-state index contributed by atoms with van der Waals surface area (Å²) >= 11 is 0. The Morgan fingerprint density at radius 3 is 2.55 bits per heavy atom. The molecule has 1 atom stereocenters. The van der Waals surface area contributed by atoms with Crippen LogP contribution in [0.4, 0.5) is 11.4 Å². The first-order valence-electron chi connectivity index (χ1n) is 7.49. The van der Waals surface area contributed by atoms with Crippen LogP contribution in [-0.4, -0.2) is 17.0 Å². The maximum absolute atomic E-state index is 12.8. The molecule has 0 amide bonds. The number of carbonyl (C=O) groups is 1. The van der Waals surface area contributed by atoms with Crippen molar-refractivity contribution in [2.75, 3.05) is 11.4 Å². The van der Waals surface area contributed by atoms with Gasteiger partial charge in [-0.1, -0.05) is 26.0 Å². The van der Waals surface area contributed by atoms with Gasteiger partial charge in [0.15, 0.2) is 0 Å². The third-order valence-electron chi connectivity index (χ3n) is 3.90. The van der Waals surface area contributed by atoms with Crippen molar-refractivity contribution in [3.05, 3.63) is 48.0 Å². The zero-order valence-electron chi connectivity index (χ0n) is 12.8. The van der Waals surface area contributed by atoms with Gasteiger partial charge in [0.2, 0.25) is 0 Å². The van der Waals surface area contributed by atoms with Gasteiger partial charge in [-0.2, -0.15) is 0 Å². The van der Waals surface area contributed by atoms with Crippen LogP contribution in [0.25, 0.3) is 0 Å². The maximum atomic E-state index is 12.8. The zero-order chi connectivity index (χ0) is 15.7. The Morgan fingerprint density at radius 2 is 1.82 bits per heavy atom. The highest BCUT2D eigenvalue weighted by molar-refractivity contribution is 7.85. The second-order valence-electron chi connectivity index (χ2n) is 5.92. The summed E-state index contributed by atoms with van der Waals surface area (Å²) in [6.45, 7) is 5.27. The summed E-state index contributed by atoms with van der Waals surface area (Å²) < 4.78 is 12.8. The topological polar surface area (TPSA) is 37.4 Å². The summed E-state index contributed by atoms with van der Waals surface area (Å²) in [5, 5.41) is 0. The molecule has 0 spiro atoms. The molecule has 1 unspecified atom stereocenters. The van der Waals surface area contributed by atoms with E-state index in [1.54, 1.807) is 12.1 Å². The first-order chi connectivity index (χ1) is 10.6. The number of hydrogen-bond donors (Lipinski definition) is 0. The van der Waals surface area contributed by atoms with Crippen LogP contribution in [0, 0.1) is 5.92 Å². The SMILES string of the molecule is CC(C)CCN1c2ccccc2S(=O)c2cc(C=O)ccc21. The summed E-state index contributed by atoms with van der Waals surface area (Å²) in [6, 6.07) is 13.3. The fourth-order valence-corrected chi connectivity index (χ4v) is 4.11. The van der Waals surface area contributed by atoms with Crippen molar-refractivity contribution in [3.63, 3.8) is 0 Å². The predicted molar refractivity (Wildman–Crippen MR) is 89.4 cm³/mol. The van der Waals surface area contributed by atoms with Crippen molar-refractivity contribution >= 4 is 28.5 Å². The second-order valence-corrected chi connectivity index (χ2v) is 7.33. The van der Waals surface area contributed by atoms with Gasteiger partial charge in [-0.25, -0.2) is 4.21 Å². The van der Waals surface area contributed by atoms with Crippen LogP contribution in [0.5, 0.6) is 0 Å². The monoisotopic (exact) mass is 313 g/mol. The highest BCUT2D eigenvalue weighted by Crippen LogP contribution is 2.42. The molecular weight excluding hydrogens is 294 g/mol. The van der Waals surface area contributed by atoms with Crippen LogP contribution >= 0.6 is 0 Å². The minimum atomic E-state index is -1.24. The van der Waals surface area contributed by atoms with Crippen molar-refractivity contribution in [2.24, 2.45) is 5.92 Å². The molecule has 4 heteroatoms. The number of rotatable bonds is 4. The van der Waals surface area contributed by atoms with E-state index in [9.17, 15) is 9.00 Å². The van der Waals surface area contributed by atoms with Gasteiger partial charge in [0.1, 0.15) is 6.29 Å². The molecule has 0 aliphatic carbocycles. The van der Waals surface area contributed by atoms with Gasteiger partial charge in [0.05, 0.1) is 32.0 Å². The molecule has 2 aromatic rings. The number of aldehydes is 1. The standard InChI is InChI=1S/C18H19NO2S/c1-13(2)9-10-19-15-5-3-4-6-17(15)22(21)18-11-14(12-20)7-8-16(18)19/h3-8,11-13H,9-10H2,1-2H3. The van der Waals surface area contributed by atoms with E-state index in [0.29, 0.717) is 11.5 Å². The van der Waals surface area contributed by atoms with Gasteiger partial charge in [-0.3, -0.25) is 4.79 Å². The Morgan fingerprint density at radius 1 is 1.09 bits per heavy atom. The van der Waals surface area contributed by atoms with Gasteiger partial charge >= 0.3 is 0 Å². The van der Waals surface area contributed by atoms with E-state index in [4.69, 9.17) is 0 Å². The third-order valence-corrected chi connectivity index (χ3v) is 5.37. The fraction of sp³-hybridized carbons (Fsp3) is 0.278. The van der Waals surface area contributed by atoms with E-state index in [1.807, 2.05) is 30.3 Å². The number of carbonyl (C=O) groups excluding carboxylic acids is 1. The zero-order valence-corrected chi connectivity index (χ0v) is 13.6. The molecule has 3 nitrogen and oxygen atoms in total. The Labute approximate surface area is 133 Å². The van der Waals surface area contributed by atoms with E-state index >= 15 is 0 Å². The summed E-state index contributed by atoms with van der Waals surface area (Å²) in [4.78, 5) is 14.8. The minimum absolute atomic E-state index is 0.565.